The summed E-state index contributed by atoms with van der Waals surface area (Å²) in [5.74, 6) is -2.48. The molecule has 0 aliphatic carbocycles. The van der Waals surface area contributed by atoms with Crippen molar-refractivity contribution in [3.63, 3.8) is 0 Å². The average molecular weight is 230 g/mol. The number of hydrogen-bond donors (Lipinski definition) is 1. The van der Waals surface area contributed by atoms with Gasteiger partial charge in [-0.1, -0.05) is 51.9 Å². The fourth-order valence-corrected chi connectivity index (χ4v) is 1.59. The number of aliphatic carboxylic acids is 1. The highest BCUT2D eigenvalue weighted by molar-refractivity contribution is 5.83. The first-order valence-corrected chi connectivity index (χ1v) is 6.27. The molecule has 0 spiro atoms. The summed E-state index contributed by atoms with van der Waals surface area (Å²) in [6.07, 6.45) is 11.2. The minimum atomic E-state index is -1.46. The number of halogens is 1. The Morgan fingerprint density at radius 2 is 1.56 bits per heavy atom. The SMILES string of the molecule is CCCCCCCCCC/C=C(\F)C(=O)O. The predicted octanol–water partition coefficient (Wildman–Crippen LogP) is 4.46. The topological polar surface area (TPSA) is 37.3 Å². The molecule has 0 aromatic carbocycles. The van der Waals surface area contributed by atoms with Crippen LogP contribution in [0.1, 0.15) is 64.7 Å². The lowest BCUT2D eigenvalue weighted by atomic mass is 10.1. The van der Waals surface area contributed by atoms with E-state index in [0.29, 0.717) is 6.42 Å². The van der Waals surface area contributed by atoms with E-state index in [4.69, 9.17) is 5.11 Å². The molecule has 16 heavy (non-hydrogen) atoms. The van der Waals surface area contributed by atoms with Crippen LogP contribution >= 0.6 is 0 Å². The molecule has 0 heterocycles. The van der Waals surface area contributed by atoms with Gasteiger partial charge >= 0.3 is 5.97 Å². The van der Waals surface area contributed by atoms with E-state index < -0.39 is 11.8 Å². The molecule has 0 rings (SSSR count). The number of allylic oxidation sites excluding steroid dienone is 1. The van der Waals surface area contributed by atoms with Gasteiger partial charge in [-0.3, -0.25) is 0 Å². The molecule has 0 fully saturated rings. The number of carboxylic acids is 1. The Morgan fingerprint density at radius 3 is 2.06 bits per heavy atom. The zero-order valence-electron chi connectivity index (χ0n) is 10.2. The summed E-state index contributed by atoms with van der Waals surface area (Å²) in [4.78, 5) is 10.1. The summed E-state index contributed by atoms with van der Waals surface area (Å²) < 4.78 is 12.5. The van der Waals surface area contributed by atoms with Gasteiger partial charge in [-0.2, -0.15) is 4.39 Å². The first-order valence-electron chi connectivity index (χ1n) is 6.27. The molecule has 0 saturated heterocycles. The minimum absolute atomic E-state index is 0.535. The van der Waals surface area contributed by atoms with E-state index >= 15 is 0 Å². The highest BCUT2D eigenvalue weighted by atomic mass is 19.1. The maximum absolute atomic E-state index is 12.5. The van der Waals surface area contributed by atoms with E-state index in [2.05, 4.69) is 6.92 Å². The first kappa shape index (κ1) is 15.1. The number of rotatable bonds is 10. The average Bonchev–Trinajstić information content (AvgIpc) is 2.26. The Bertz CT molecular complexity index is 212. The van der Waals surface area contributed by atoms with E-state index in [1.54, 1.807) is 0 Å². The van der Waals surface area contributed by atoms with Gasteiger partial charge in [-0.25, -0.2) is 4.79 Å². The van der Waals surface area contributed by atoms with Crippen molar-refractivity contribution < 1.29 is 14.3 Å². The third-order valence-electron chi connectivity index (χ3n) is 2.59. The standard InChI is InChI=1S/C13H23FO2/c1-2-3-4-5-6-7-8-9-10-11-12(14)13(15)16/h11H,2-10H2,1H3,(H,15,16)/b12-11-. The van der Waals surface area contributed by atoms with Crippen molar-refractivity contribution in [3.05, 3.63) is 11.9 Å². The Hall–Kier alpha value is -0.860. The van der Waals surface area contributed by atoms with Crippen molar-refractivity contribution >= 4 is 5.97 Å². The Balaban J connectivity index is 3.21. The van der Waals surface area contributed by atoms with Crippen LogP contribution in [-0.4, -0.2) is 11.1 Å². The van der Waals surface area contributed by atoms with Crippen LogP contribution in [0.5, 0.6) is 0 Å². The van der Waals surface area contributed by atoms with Gasteiger partial charge in [0.25, 0.3) is 0 Å². The predicted molar refractivity (Wildman–Crippen MR) is 64.1 cm³/mol. The molecule has 0 atom stereocenters. The second-order valence-electron chi connectivity index (χ2n) is 4.12. The van der Waals surface area contributed by atoms with Gasteiger partial charge in [-0.15, -0.1) is 0 Å². The van der Waals surface area contributed by atoms with Gasteiger partial charge in [0.1, 0.15) is 0 Å². The van der Waals surface area contributed by atoms with Crippen LogP contribution in [-0.2, 0) is 4.79 Å². The van der Waals surface area contributed by atoms with Crippen molar-refractivity contribution in [2.45, 2.75) is 64.7 Å². The van der Waals surface area contributed by atoms with Crippen molar-refractivity contribution in [1.82, 2.24) is 0 Å². The molecular formula is C13H23FO2. The van der Waals surface area contributed by atoms with E-state index in [0.717, 1.165) is 12.8 Å². The van der Waals surface area contributed by atoms with E-state index in [1.165, 1.54) is 44.6 Å². The summed E-state index contributed by atoms with van der Waals surface area (Å²) in [6, 6.07) is 0. The zero-order chi connectivity index (χ0) is 12.2. The van der Waals surface area contributed by atoms with Gasteiger partial charge in [0, 0.05) is 0 Å². The van der Waals surface area contributed by atoms with Crippen LogP contribution in [0.25, 0.3) is 0 Å². The number of hydrogen-bond acceptors (Lipinski definition) is 1. The Labute approximate surface area is 97.6 Å². The molecule has 94 valence electrons. The largest absolute Gasteiger partial charge is 0.476 e. The molecule has 0 aromatic rings. The highest BCUT2D eigenvalue weighted by Gasteiger charge is 2.02. The summed E-state index contributed by atoms with van der Waals surface area (Å²) in [5.41, 5.74) is 0. The lowest BCUT2D eigenvalue weighted by Gasteiger charge is -1.99. The quantitative estimate of drug-likeness (QED) is 0.444. The summed E-state index contributed by atoms with van der Waals surface area (Å²) >= 11 is 0. The molecule has 0 aromatic heterocycles. The second kappa shape index (κ2) is 10.7. The number of carboxylic acid groups (broad SMARTS) is 1. The Morgan fingerprint density at radius 1 is 1.06 bits per heavy atom. The van der Waals surface area contributed by atoms with E-state index in [9.17, 15) is 9.18 Å². The van der Waals surface area contributed by atoms with Gasteiger partial charge in [-0.05, 0) is 18.9 Å². The normalized spacial score (nSPS) is 11.8. The smallest absolute Gasteiger partial charge is 0.364 e. The van der Waals surface area contributed by atoms with Crippen LogP contribution in [0.4, 0.5) is 4.39 Å². The number of unbranched alkanes of at least 4 members (excludes halogenated alkanes) is 8. The van der Waals surface area contributed by atoms with Crippen LogP contribution in [0.2, 0.25) is 0 Å². The van der Waals surface area contributed by atoms with Crippen molar-refractivity contribution in [2.24, 2.45) is 0 Å². The molecular weight excluding hydrogens is 207 g/mol. The van der Waals surface area contributed by atoms with Crippen LogP contribution in [0.3, 0.4) is 0 Å². The summed E-state index contributed by atoms with van der Waals surface area (Å²) in [5, 5.41) is 8.26. The van der Waals surface area contributed by atoms with Gasteiger partial charge in [0.2, 0.25) is 5.83 Å². The molecule has 0 radical (unpaired) electrons. The molecule has 3 heteroatoms. The highest BCUT2D eigenvalue weighted by Crippen LogP contribution is 2.10. The van der Waals surface area contributed by atoms with E-state index in [1.807, 2.05) is 0 Å². The van der Waals surface area contributed by atoms with Crippen molar-refractivity contribution in [3.8, 4) is 0 Å². The van der Waals surface area contributed by atoms with Crippen molar-refractivity contribution in [1.29, 1.82) is 0 Å². The third kappa shape index (κ3) is 9.69. The van der Waals surface area contributed by atoms with Crippen LogP contribution in [0, 0.1) is 0 Å². The van der Waals surface area contributed by atoms with Gasteiger partial charge < -0.3 is 5.11 Å². The fourth-order valence-electron chi connectivity index (χ4n) is 1.59. The lowest BCUT2D eigenvalue weighted by molar-refractivity contribution is -0.134. The maximum Gasteiger partial charge on any atom is 0.364 e. The second-order valence-corrected chi connectivity index (χ2v) is 4.12. The monoisotopic (exact) mass is 230 g/mol. The molecule has 0 aliphatic rings. The van der Waals surface area contributed by atoms with Crippen molar-refractivity contribution in [2.75, 3.05) is 0 Å². The molecule has 0 saturated carbocycles. The molecule has 0 amide bonds. The molecule has 2 nitrogen and oxygen atoms in total. The zero-order valence-corrected chi connectivity index (χ0v) is 10.2. The Kier molecular flexibility index (Phi) is 10.1. The third-order valence-corrected chi connectivity index (χ3v) is 2.59. The fraction of sp³-hybridized carbons (Fsp3) is 0.769. The van der Waals surface area contributed by atoms with Crippen LogP contribution in [0.15, 0.2) is 11.9 Å². The van der Waals surface area contributed by atoms with Crippen LogP contribution < -0.4 is 0 Å². The summed E-state index contributed by atoms with van der Waals surface area (Å²) in [7, 11) is 0. The first-order chi connectivity index (χ1) is 7.68. The minimum Gasteiger partial charge on any atom is -0.476 e. The van der Waals surface area contributed by atoms with Gasteiger partial charge in [0.15, 0.2) is 0 Å². The lowest BCUT2D eigenvalue weighted by Crippen LogP contribution is -1.94. The van der Waals surface area contributed by atoms with Gasteiger partial charge in [0.05, 0.1) is 0 Å². The molecule has 1 N–H and O–H groups in total. The molecule has 0 aliphatic heterocycles. The van der Waals surface area contributed by atoms with E-state index in [-0.39, 0.29) is 0 Å². The molecule has 0 bridgehead atoms. The summed E-state index contributed by atoms with van der Waals surface area (Å²) in [6.45, 7) is 2.20. The maximum atomic E-state index is 12.5. The number of carbonyl (C=O) groups is 1. The molecule has 0 unspecified atom stereocenters.